The second kappa shape index (κ2) is 7.83. The Morgan fingerprint density at radius 3 is 2.50 bits per heavy atom. The number of nitrogens with zero attached hydrogens (tertiary/aromatic N) is 1. The lowest BCUT2D eigenvalue weighted by Crippen LogP contribution is -2.34. The number of carbonyl (C=O) groups excluding carboxylic acids is 1. The van der Waals surface area contributed by atoms with Gasteiger partial charge < -0.3 is 10.2 Å². The minimum absolute atomic E-state index is 0. The van der Waals surface area contributed by atoms with E-state index < -0.39 is 11.7 Å². The molecule has 7 heteroatoms. The largest absolute Gasteiger partial charge is 0.416 e. The molecule has 1 aromatic carbocycles. The standard InChI is InChI=1S/C15H19F3N2O.ClH/c1-19-9-8-14(21)20(12-6-7-12)10-11-4-2-3-5-13(11)15(16,17)18;/h2-5,12,19H,6-10H2,1H3;1H. The second-order valence-electron chi connectivity index (χ2n) is 5.26. The molecule has 1 aromatic rings. The second-order valence-corrected chi connectivity index (χ2v) is 5.26. The predicted octanol–water partition coefficient (Wildman–Crippen LogP) is 3.23. The van der Waals surface area contributed by atoms with Crippen LogP contribution < -0.4 is 5.32 Å². The Bertz CT molecular complexity index is 504. The highest BCUT2D eigenvalue weighted by atomic mass is 35.5. The van der Waals surface area contributed by atoms with Crippen LogP contribution in [0.1, 0.15) is 30.4 Å². The van der Waals surface area contributed by atoms with E-state index in [0.717, 1.165) is 18.9 Å². The van der Waals surface area contributed by atoms with Crippen molar-refractivity contribution in [3.63, 3.8) is 0 Å². The summed E-state index contributed by atoms with van der Waals surface area (Å²) in [5, 5.41) is 2.88. The topological polar surface area (TPSA) is 32.3 Å². The minimum atomic E-state index is -4.39. The summed E-state index contributed by atoms with van der Waals surface area (Å²) in [5.41, 5.74) is -0.494. The zero-order valence-corrected chi connectivity index (χ0v) is 13.1. The average molecular weight is 337 g/mol. The van der Waals surface area contributed by atoms with E-state index in [2.05, 4.69) is 5.32 Å². The third-order valence-corrected chi connectivity index (χ3v) is 3.56. The number of halogens is 4. The molecule has 0 radical (unpaired) electrons. The Kier molecular flexibility index (Phi) is 6.68. The summed E-state index contributed by atoms with van der Waals surface area (Å²) in [6.07, 6.45) is -2.33. The lowest BCUT2D eigenvalue weighted by atomic mass is 10.1. The number of amides is 1. The van der Waals surface area contributed by atoms with Crippen molar-refractivity contribution < 1.29 is 18.0 Å². The molecule has 0 atom stereocenters. The van der Waals surface area contributed by atoms with Gasteiger partial charge in [-0.25, -0.2) is 0 Å². The summed E-state index contributed by atoms with van der Waals surface area (Å²) in [7, 11) is 1.74. The molecule has 0 aliphatic heterocycles. The molecular formula is C15H20ClF3N2O. The molecule has 1 N–H and O–H groups in total. The van der Waals surface area contributed by atoms with Crippen LogP contribution in [0, 0.1) is 0 Å². The van der Waals surface area contributed by atoms with Crippen LogP contribution in [0.25, 0.3) is 0 Å². The SMILES string of the molecule is CNCCC(=O)N(Cc1ccccc1C(F)(F)F)C1CC1.Cl. The first-order valence-corrected chi connectivity index (χ1v) is 7.02. The Morgan fingerprint density at radius 2 is 1.95 bits per heavy atom. The minimum Gasteiger partial charge on any atom is -0.335 e. The van der Waals surface area contributed by atoms with Gasteiger partial charge in [-0.15, -0.1) is 12.4 Å². The lowest BCUT2D eigenvalue weighted by Gasteiger charge is -2.24. The molecule has 2 rings (SSSR count). The van der Waals surface area contributed by atoms with E-state index in [0.29, 0.717) is 13.0 Å². The van der Waals surface area contributed by atoms with E-state index in [4.69, 9.17) is 0 Å². The van der Waals surface area contributed by atoms with E-state index in [1.54, 1.807) is 18.0 Å². The summed E-state index contributed by atoms with van der Waals surface area (Å²) in [5.74, 6) is -0.0937. The molecule has 3 nitrogen and oxygen atoms in total. The van der Waals surface area contributed by atoms with E-state index >= 15 is 0 Å². The van der Waals surface area contributed by atoms with Gasteiger partial charge in [-0.1, -0.05) is 18.2 Å². The molecule has 0 aromatic heterocycles. The fraction of sp³-hybridized carbons (Fsp3) is 0.533. The summed E-state index contributed by atoms with van der Waals surface area (Å²) in [6, 6.07) is 5.56. The quantitative estimate of drug-likeness (QED) is 0.865. The molecule has 1 aliphatic rings. The number of nitrogens with one attached hydrogen (secondary N) is 1. The molecule has 0 spiro atoms. The number of rotatable bonds is 6. The third kappa shape index (κ3) is 4.88. The van der Waals surface area contributed by atoms with Crippen LogP contribution in [0.15, 0.2) is 24.3 Å². The van der Waals surface area contributed by atoms with Crippen molar-refractivity contribution in [1.29, 1.82) is 0 Å². The maximum Gasteiger partial charge on any atom is 0.416 e. The summed E-state index contributed by atoms with van der Waals surface area (Å²) < 4.78 is 39.0. The molecule has 1 fully saturated rings. The van der Waals surface area contributed by atoms with Gasteiger partial charge in [0.15, 0.2) is 0 Å². The van der Waals surface area contributed by atoms with Gasteiger partial charge in [0.05, 0.1) is 5.56 Å². The van der Waals surface area contributed by atoms with E-state index in [1.807, 2.05) is 0 Å². The first-order chi connectivity index (χ1) is 9.93. The lowest BCUT2D eigenvalue weighted by molar-refractivity contribution is -0.140. The highest BCUT2D eigenvalue weighted by molar-refractivity contribution is 5.85. The maximum atomic E-state index is 13.0. The molecule has 1 aliphatic carbocycles. The number of hydrogen-bond donors (Lipinski definition) is 1. The Morgan fingerprint density at radius 1 is 1.32 bits per heavy atom. The molecule has 1 amide bonds. The van der Waals surface area contributed by atoms with Gasteiger partial charge in [0.1, 0.15) is 0 Å². The number of hydrogen-bond acceptors (Lipinski definition) is 2. The molecular weight excluding hydrogens is 317 g/mol. The maximum absolute atomic E-state index is 13.0. The highest BCUT2D eigenvalue weighted by Gasteiger charge is 2.36. The zero-order valence-electron chi connectivity index (χ0n) is 12.3. The van der Waals surface area contributed by atoms with Gasteiger partial charge in [0.25, 0.3) is 0 Å². The van der Waals surface area contributed by atoms with E-state index in [9.17, 15) is 18.0 Å². The van der Waals surface area contributed by atoms with Crippen molar-refractivity contribution >= 4 is 18.3 Å². The number of carbonyl (C=O) groups is 1. The van der Waals surface area contributed by atoms with Crippen LogP contribution in [-0.4, -0.2) is 30.4 Å². The van der Waals surface area contributed by atoms with Crippen molar-refractivity contribution in [3.8, 4) is 0 Å². The van der Waals surface area contributed by atoms with Crippen LogP contribution in [0.5, 0.6) is 0 Å². The van der Waals surface area contributed by atoms with E-state index in [1.165, 1.54) is 12.1 Å². The fourth-order valence-corrected chi connectivity index (χ4v) is 2.30. The predicted molar refractivity (Wildman–Crippen MR) is 80.8 cm³/mol. The average Bonchev–Trinajstić information content (AvgIpc) is 3.26. The van der Waals surface area contributed by atoms with Crippen molar-refractivity contribution in [3.05, 3.63) is 35.4 Å². The summed E-state index contributed by atoms with van der Waals surface area (Å²) >= 11 is 0. The number of alkyl halides is 3. The van der Waals surface area contributed by atoms with Crippen molar-refractivity contribution in [2.75, 3.05) is 13.6 Å². The normalized spacial score (nSPS) is 14.4. The van der Waals surface area contributed by atoms with Gasteiger partial charge in [-0.3, -0.25) is 4.79 Å². The van der Waals surface area contributed by atoms with Crippen LogP contribution in [0.3, 0.4) is 0 Å². The van der Waals surface area contributed by atoms with Crippen molar-refractivity contribution in [2.24, 2.45) is 0 Å². The first kappa shape index (κ1) is 18.8. The van der Waals surface area contributed by atoms with Gasteiger partial charge in [0, 0.05) is 25.6 Å². The van der Waals surface area contributed by atoms with Crippen molar-refractivity contribution in [2.45, 2.75) is 38.0 Å². The van der Waals surface area contributed by atoms with Gasteiger partial charge in [0.2, 0.25) is 5.91 Å². The Hall–Kier alpha value is -1.27. The van der Waals surface area contributed by atoms with Crippen LogP contribution >= 0.6 is 12.4 Å². The first-order valence-electron chi connectivity index (χ1n) is 7.02. The molecule has 124 valence electrons. The third-order valence-electron chi connectivity index (χ3n) is 3.56. The monoisotopic (exact) mass is 336 g/mol. The fourth-order valence-electron chi connectivity index (χ4n) is 2.30. The smallest absolute Gasteiger partial charge is 0.335 e. The molecule has 0 unspecified atom stereocenters. The van der Waals surface area contributed by atoms with Crippen LogP contribution in [0.2, 0.25) is 0 Å². The molecule has 0 saturated heterocycles. The summed E-state index contributed by atoms with van der Waals surface area (Å²) in [4.78, 5) is 13.7. The molecule has 1 saturated carbocycles. The number of benzene rings is 1. The highest BCUT2D eigenvalue weighted by Crippen LogP contribution is 2.34. The van der Waals surface area contributed by atoms with Gasteiger partial charge in [-0.2, -0.15) is 13.2 Å². The van der Waals surface area contributed by atoms with Crippen LogP contribution in [0.4, 0.5) is 13.2 Å². The summed E-state index contributed by atoms with van der Waals surface area (Å²) in [6.45, 7) is 0.561. The Balaban J connectivity index is 0.00000242. The zero-order chi connectivity index (χ0) is 15.5. The van der Waals surface area contributed by atoms with Crippen LogP contribution in [-0.2, 0) is 17.5 Å². The molecule has 0 heterocycles. The Labute approximate surface area is 134 Å². The van der Waals surface area contributed by atoms with Gasteiger partial charge in [-0.05, 0) is 31.5 Å². The van der Waals surface area contributed by atoms with E-state index in [-0.39, 0.29) is 36.5 Å². The molecule has 0 bridgehead atoms. The molecule has 22 heavy (non-hydrogen) atoms. The van der Waals surface area contributed by atoms with Crippen molar-refractivity contribution in [1.82, 2.24) is 10.2 Å². The van der Waals surface area contributed by atoms with Gasteiger partial charge >= 0.3 is 6.18 Å².